The second-order valence-corrected chi connectivity index (χ2v) is 9.33. The predicted molar refractivity (Wildman–Crippen MR) is 142 cm³/mol. The van der Waals surface area contributed by atoms with E-state index in [1.165, 1.54) is 18.7 Å². The smallest absolute Gasteiger partial charge is 0.262 e. The highest BCUT2D eigenvalue weighted by Crippen LogP contribution is 2.20. The van der Waals surface area contributed by atoms with Crippen molar-refractivity contribution in [1.29, 1.82) is 0 Å². The third-order valence-electron chi connectivity index (χ3n) is 5.97. The van der Waals surface area contributed by atoms with Gasteiger partial charge in [0.05, 0.1) is 16.7 Å². The average Bonchev–Trinajstić information content (AvgIpc) is 2.86. The first-order chi connectivity index (χ1) is 16.9. The third-order valence-corrected chi connectivity index (χ3v) is 6.95. The fraction of sp³-hybridized carbons (Fsp3) is 0.407. The van der Waals surface area contributed by atoms with Crippen LogP contribution in [0.1, 0.15) is 43.1 Å². The van der Waals surface area contributed by atoms with Crippen LogP contribution in [0.4, 0.5) is 0 Å². The molecule has 0 fully saturated rings. The molecule has 3 aromatic rings. The maximum absolute atomic E-state index is 13.2. The van der Waals surface area contributed by atoms with Crippen LogP contribution in [0.2, 0.25) is 0 Å². The molecule has 0 unspecified atom stereocenters. The molecule has 2 aromatic carbocycles. The van der Waals surface area contributed by atoms with Crippen LogP contribution < -0.4 is 10.9 Å². The highest BCUT2D eigenvalue weighted by atomic mass is 32.2. The molecule has 0 bridgehead atoms. The van der Waals surface area contributed by atoms with E-state index in [1.54, 1.807) is 10.6 Å². The number of carbonyl (C=O) groups excluding carboxylic acids is 2. The number of carbonyl (C=O) groups is 2. The molecule has 0 saturated carbocycles. The van der Waals surface area contributed by atoms with E-state index in [9.17, 15) is 14.4 Å². The van der Waals surface area contributed by atoms with Gasteiger partial charge in [-0.15, -0.1) is 0 Å². The third kappa shape index (κ3) is 7.50. The Bertz CT molecular complexity index is 1200. The minimum atomic E-state index is -0.0615. The first-order valence-electron chi connectivity index (χ1n) is 12.1. The number of fused-ring (bicyclic) bond motifs is 1. The van der Waals surface area contributed by atoms with Gasteiger partial charge in [0.1, 0.15) is 0 Å². The fourth-order valence-corrected chi connectivity index (χ4v) is 4.82. The van der Waals surface area contributed by atoms with Crippen LogP contribution in [-0.4, -0.2) is 58.1 Å². The number of para-hydroxylation sites is 1. The molecule has 1 amide bonds. The minimum Gasteiger partial charge on any atom is -0.356 e. The lowest BCUT2D eigenvalue weighted by Gasteiger charge is -2.19. The van der Waals surface area contributed by atoms with E-state index >= 15 is 0 Å². The predicted octanol–water partition coefficient (Wildman–Crippen LogP) is 3.78. The van der Waals surface area contributed by atoms with Gasteiger partial charge in [0.2, 0.25) is 5.91 Å². The molecule has 0 spiro atoms. The van der Waals surface area contributed by atoms with Gasteiger partial charge in [-0.3, -0.25) is 19.0 Å². The number of benzene rings is 2. The number of ketones is 1. The topological polar surface area (TPSA) is 84.3 Å². The number of nitrogens with one attached hydrogen (secondary N) is 1. The molecular formula is C27H34N4O3S. The Labute approximate surface area is 210 Å². The van der Waals surface area contributed by atoms with E-state index in [-0.39, 0.29) is 23.0 Å². The number of hydrogen-bond acceptors (Lipinski definition) is 6. The summed E-state index contributed by atoms with van der Waals surface area (Å²) in [5.74, 6) is 0.134. The molecule has 0 atom stereocenters. The lowest BCUT2D eigenvalue weighted by atomic mass is 10.1. The van der Waals surface area contributed by atoms with E-state index in [4.69, 9.17) is 4.98 Å². The maximum Gasteiger partial charge on any atom is 0.262 e. The zero-order valence-electron chi connectivity index (χ0n) is 20.8. The zero-order valence-corrected chi connectivity index (χ0v) is 21.6. The molecule has 0 radical (unpaired) electrons. The molecule has 0 aliphatic carbocycles. The fourth-order valence-electron chi connectivity index (χ4n) is 3.90. The number of hydrogen-bond donors (Lipinski definition) is 1. The molecule has 0 aliphatic rings. The van der Waals surface area contributed by atoms with Crippen molar-refractivity contribution in [2.45, 2.75) is 45.3 Å². The number of aromatic nitrogens is 2. The van der Waals surface area contributed by atoms with Gasteiger partial charge in [-0.05, 0) is 50.2 Å². The van der Waals surface area contributed by atoms with Crippen molar-refractivity contribution in [2.75, 3.05) is 31.9 Å². The van der Waals surface area contributed by atoms with Crippen LogP contribution in [0.25, 0.3) is 10.9 Å². The van der Waals surface area contributed by atoms with E-state index in [2.05, 4.69) is 24.1 Å². The van der Waals surface area contributed by atoms with Crippen LogP contribution >= 0.6 is 11.8 Å². The van der Waals surface area contributed by atoms with Gasteiger partial charge in [0.25, 0.3) is 5.56 Å². The summed E-state index contributed by atoms with van der Waals surface area (Å²) in [5.41, 5.74) is 2.27. The maximum atomic E-state index is 13.2. The highest BCUT2D eigenvalue weighted by Gasteiger charge is 2.14. The monoisotopic (exact) mass is 494 g/mol. The Morgan fingerprint density at radius 1 is 1.06 bits per heavy atom. The number of nitrogens with zero attached hydrogens (tertiary/aromatic N) is 3. The Kier molecular flexibility index (Phi) is 10.0. The van der Waals surface area contributed by atoms with Crippen LogP contribution in [-0.2, 0) is 17.8 Å². The molecule has 186 valence electrons. The molecular weight excluding hydrogens is 460 g/mol. The van der Waals surface area contributed by atoms with Gasteiger partial charge in [0, 0.05) is 25.6 Å². The lowest BCUT2D eigenvalue weighted by molar-refractivity contribution is -0.118. The van der Waals surface area contributed by atoms with Crippen LogP contribution in [0, 0.1) is 0 Å². The second kappa shape index (κ2) is 13.2. The van der Waals surface area contributed by atoms with E-state index in [0.29, 0.717) is 41.1 Å². The minimum absolute atomic E-state index is 0.0134. The summed E-state index contributed by atoms with van der Waals surface area (Å²) < 4.78 is 1.72. The quantitative estimate of drug-likeness (QED) is 0.221. The average molecular weight is 495 g/mol. The van der Waals surface area contributed by atoms with E-state index in [1.807, 2.05) is 42.5 Å². The van der Waals surface area contributed by atoms with Gasteiger partial charge in [-0.1, -0.05) is 62.0 Å². The molecule has 7 nitrogen and oxygen atoms in total. The van der Waals surface area contributed by atoms with Crippen LogP contribution in [0.15, 0.2) is 58.5 Å². The van der Waals surface area contributed by atoms with Gasteiger partial charge < -0.3 is 10.2 Å². The van der Waals surface area contributed by atoms with E-state index < -0.39 is 0 Å². The number of rotatable bonds is 13. The van der Waals surface area contributed by atoms with Crippen molar-refractivity contribution in [3.8, 4) is 0 Å². The molecule has 3 rings (SSSR count). The number of thioether (sulfide) groups is 1. The van der Waals surface area contributed by atoms with E-state index in [0.717, 1.165) is 31.6 Å². The van der Waals surface area contributed by atoms with Gasteiger partial charge in [-0.25, -0.2) is 4.98 Å². The Morgan fingerprint density at radius 3 is 2.46 bits per heavy atom. The molecule has 1 heterocycles. The van der Waals surface area contributed by atoms with Gasteiger partial charge >= 0.3 is 0 Å². The van der Waals surface area contributed by atoms with Crippen molar-refractivity contribution in [2.24, 2.45) is 0 Å². The molecule has 0 saturated heterocycles. The summed E-state index contributed by atoms with van der Waals surface area (Å²) in [5, 5.41) is 3.95. The SMILES string of the molecule is CCN(CC)CCCn1c(SCC(=O)c2ccc(CCNC(C)=O)cc2)nc2ccccc2c1=O. The molecule has 8 heteroatoms. The number of Topliss-reactive ketones (excluding diaryl/α,β-unsaturated/α-hetero) is 1. The second-order valence-electron chi connectivity index (χ2n) is 8.39. The zero-order chi connectivity index (χ0) is 25.2. The van der Waals surface area contributed by atoms with Crippen LogP contribution in [0.3, 0.4) is 0 Å². The normalized spacial score (nSPS) is 11.2. The molecule has 1 aromatic heterocycles. The molecule has 1 N–H and O–H groups in total. The van der Waals surface area contributed by atoms with Crippen molar-refractivity contribution in [1.82, 2.24) is 19.8 Å². The Morgan fingerprint density at radius 2 is 1.77 bits per heavy atom. The number of amides is 1. The largest absolute Gasteiger partial charge is 0.356 e. The molecule has 0 aliphatic heterocycles. The summed E-state index contributed by atoms with van der Waals surface area (Å²) in [6.45, 7) is 9.75. The first-order valence-corrected chi connectivity index (χ1v) is 13.1. The summed E-state index contributed by atoms with van der Waals surface area (Å²) >= 11 is 1.31. The Balaban J connectivity index is 1.71. The van der Waals surface area contributed by atoms with Crippen molar-refractivity contribution < 1.29 is 9.59 Å². The summed E-state index contributed by atoms with van der Waals surface area (Å²) in [6.07, 6.45) is 1.55. The van der Waals surface area contributed by atoms with Gasteiger partial charge in [-0.2, -0.15) is 0 Å². The van der Waals surface area contributed by atoms with Crippen molar-refractivity contribution in [3.05, 3.63) is 70.0 Å². The standard InChI is InChI=1S/C27H34N4O3S/c1-4-30(5-2)17-8-18-31-26(34)23-9-6-7-10-24(23)29-27(31)35-19-25(33)22-13-11-21(12-14-22)15-16-28-20(3)32/h6-7,9-14H,4-5,8,15-19H2,1-3H3,(H,28,32). The molecule has 35 heavy (non-hydrogen) atoms. The van der Waals surface area contributed by atoms with Crippen molar-refractivity contribution >= 4 is 34.4 Å². The lowest BCUT2D eigenvalue weighted by Crippen LogP contribution is -2.28. The highest BCUT2D eigenvalue weighted by molar-refractivity contribution is 7.99. The van der Waals surface area contributed by atoms with Gasteiger partial charge in [0.15, 0.2) is 10.9 Å². The summed E-state index contributed by atoms with van der Waals surface area (Å²) in [7, 11) is 0. The van der Waals surface area contributed by atoms with Crippen LogP contribution in [0.5, 0.6) is 0 Å². The first kappa shape index (κ1) is 26.6. The Hall–Kier alpha value is -2.97. The summed E-state index contributed by atoms with van der Waals surface area (Å²) in [4.78, 5) is 44.2. The van der Waals surface area contributed by atoms with Crippen molar-refractivity contribution in [3.63, 3.8) is 0 Å². The summed E-state index contributed by atoms with van der Waals surface area (Å²) in [6, 6.07) is 14.8.